The minimum atomic E-state index is -0.868. The Hall–Kier alpha value is -3.63. The van der Waals surface area contributed by atoms with Gasteiger partial charge in [0.1, 0.15) is 17.2 Å². The first-order chi connectivity index (χ1) is 18.4. The van der Waals surface area contributed by atoms with Crippen LogP contribution in [0.5, 0.6) is 17.2 Å². The molecule has 0 spiro atoms. The number of benzene rings is 3. The summed E-state index contributed by atoms with van der Waals surface area (Å²) in [6, 6.07) is 21.4. The molecule has 0 radical (unpaired) electrons. The van der Waals surface area contributed by atoms with Crippen molar-refractivity contribution in [3.8, 4) is 17.2 Å². The van der Waals surface area contributed by atoms with Gasteiger partial charge in [0.05, 0.1) is 19.6 Å². The molecule has 7 N–H and O–H groups in total. The fraction of sp³-hybridized carbons (Fsp3) is 0.345. The average molecular weight is 524 g/mol. The molecule has 0 aliphatic rings. The second-order valence-electron chi connectivity index (χ2n) is 9.48. The quantitative estimate of drug-likeness (QED) is 0.106. The van der Waals surface area contributed by atoms with E-state index in [1.54, 1.807) is 36.4 Å². The molecule has 0 saturated heterocycles. The Bertz CT molecular complexity index is 1030. The lowest BCUT2D eigenvalue weighted by Gasteiger charge is -2.38. The Morgan fingerprint density at radius 1 is 0.579 bits per heavy atom. The van der Waals surface area contributed by atoms with Gasteiger partial charge in [0.25, 0.3) is 0 Å². The predicted octanol–water partition coefficient (Wildman–Crippen LogP) is 2.37. The fourth-order valence-electron chi connectivity index (χ4n) is 4.46. The number of para-hydroxylation sites is 3. The summed E-state index contributed by atoms with van der Waals surface area (Å²) in [5, 5.41) is 49.9. The molecule has 204 valence electrons. The van der Waals surface area contributed by atoms with Gasteiger partial charge in [0.2, 0.25) is 0 Å². The van der Waals surface area contributed by atoms with E-state index < -0.39 is 5.97 Å². The van der Waals surface area contributed by atoms with Gasteiger partial charge in [0, 0.05) is 56.0 Å². The second-order valence-corrected chi connectivity index (χ2v) is 9.48. The Morgan fingerprint density at radius 2 is 0.895 bits per heavy atom. The van der Waals surface area contributed by atoms with E-state index >= 15 is 0 Å². The first-order valence-corrected chi connectivity index (χ1v) is 12.9. The van der Waals surface area contributed by atoms with E-state index in [1.165, 1.54) is 0 Å². The maximum Gasteiger partial charge on any atom is 0.359 e. The first kappa shape index (κ1) is 28.9. The molecule has 0 atom stereocenters. The lowest BCUT2D eigenvalue weighted by atomic mass is 10.2. The number of nitrogens with zero attached hydrogens (tertiary/aromatic N) is 1. The van der Waals surface area contributed by atoms with Crippen molar-refractivity contribution in [2.45, 2.75) is 19.6 Å². The van der Waals surface area contributed by atoms with E-state index in [2.05, 4.69) is 16.0 Å². The monoisotopic (exact) mass is 523 g/mol. The summed E-state index contributed by atoms with van der Waals surface area (Å²) in [4.78, 5) is 11.9. The third kappa shape index (κ3) is 9.35. The summed E-state index contributed by atoms with van der Waals surface area (Å²) in [7, 11) is 0. The van der Waals surface area contributed by atoms with Crippen molar-refractivity contribution in [2.24, 2.45) is 0 Å². The number of quaternary nitrogens is 1. The molecule has 0 heterocycles. The number of aliphatic carboxylic acids is 1. The van der Waals surface area contributed by atoms with Crippen molar-refractivity contribution < 1.29 is 29.7 Å². The van der Waals surface area contributed by atoms with Crippen molar-refractivity contribution >= 4 is 5.97 Å². The van der Waals surface area contributed by atoms with Gasteiger partial charge in [0.15, 0.2) is 6.54 Å². The van der Waals surface area contributed by atoms with Gasteiger partial charge in [-0.1, -0.05) is 54.6 Å². The Morgan fingerprint density at radius 3 is 1.18 bits per heavy atom. The summed E-state index contributed by atoms with van der Waals surface area (Å²) in [6.45, 7) is 4.87. The smallest absolute Gasteiger partial charge is 0.359 e. The number of phenolic OH excluding ortho intramolecular Hbond substituents is 3. The minimum Gasteiger partial charge on any atom is -0.508 e. The molecule has 9 nitrogen and oxygen atoms in total. The lowest BCUT2D eigenvalue weighted by molar-refractivity contribution is -0.918. The number of carboxylic acids is 1. The molecule has 0 aliphatic carbocycles. The molecule has 0 unspecified atom stereocenters. The zero-order valence-electron chi connectivity index (χ0n) is 21.6. The highest BCUT2D eigenvalue weighted by Gasteiger charge is 2.29. The number of rotatable bonds is 17. The summed E-state index contributed by atoms with van der Waals surface area (Å²) < 4.78 is 0.338. The molecule has 0 aromatic heterocycles. The van der Waals surface area contributed by atoms with Crippen molar-refractivity contribution in [3.63, 3.8) is 0 Å². The van der Waals surface area contributed by atoms with Crippen LogP contribution in [0, 0.1) is 0 Å². The van der Waals surface area contributed by atoms with Crippen molar-refractivity contribution in [2.75, 3.05) is 45.8 Å². The average Bonchev–Trinajstić information content (AvgIpc) is 2.89. The number of phenols is 3. The SMILES string of the molecule is O=C(O)C[N+](CCNCc1ccccc1O)(CCNCc1ccccc1O)CCNCc1ccccc1O. The number of nitrogens with one attached hydrogen (secondary N) is 3. The van der Waals surface area contributed by atoms with Crippen LogP contribution in [-0.2, 0) is 24.4 Å². The maximum absolute atomic E-state index is 11.9. The van der Waals surface area contributed by atoms with Crippen LogP contribution in [0.2, 0.25) is 0 Å². The van der Waals surface area contributed by atoms with E-state index in [4.69, 9.17) is 0 Å². The largest absolute Gasteiger partial charge is 0.508 e. The third-order valence-electron chi connectivity index (χ3n) is 6.68. The molecule has 3 rings (SSSR count). The van der Waals surface area contributed by atoms with Crippen molar-refractivity contribution in [1.29, 1.82) is 0 Å². The van der Waals surface area contributed by atoms with E-state index in [0.717, 1.165) is 16.7 Å². The van der Waals surface area contributed by atoms with E-state index in [-0.39, 0.29) is 23.8 Å². The number of hydrogen-bond donors (Lipinski definition) is 7. The predicted molar refractivity (Wildman–Crippen MR) is 147 cm³/mol. The van der Waals surface area contributed by atoms with Gasteiger partial charge < -0.3 is 40.9 Å². The number of carboxylic acid groups (broad SMARTS) is 1. The van der Waals surface area contributed by atoms with Crippen LogP contribution in [-0.4, -0.2) is 76.7 Å². The Kier molecular flexibility index (Phi) is 11.4. The van der Waals surface area contributed by atoms with Gasteiger partial charge in [-0.2, -0.15) is 0 Å². The van der Waals surface area contributed by atoms with Crippen LogP contribution in [0.3, 0.4) is 0 Å². The van der Waals surface area contributed by atoms with Gasteiger partial charge in [-0.05, 0) is 18.2 Å². The minimum absolute atomic E-state index is 0.0329. The van der Waals surface area contributed by atoms with Crippen LogP contribution in [0.25, 0.3) is 0 Å². The highest BCUT2D eigenvalue weighted by atomic mass is 16.4. The molecule has 0 amide bonds. The fourth-order valence-corrected chi connectivity index (χ4v) is 4.46. The molecular weight excluding hydrogens is 484 g/mol. The molecule has 0 aliphatic heterocycles. The summed E-state index contributed by atoms with van der Waals surface area (Å²) in [5.41, 5.74) is 2.37. The molecule has 3 aromatic carbocycles. The first-order valence-electron chi connectivity index (χ1n) is 12.9. The van der Waals surface area contributed by atoms with E-state index in [0.29, 0.717) is 63.4 Å². The van der Waals surface area contributed by atoms with Gasteiger partial charge in [-0.25, -0.2) is 4.79 Å². The topological polar surface area (TPSA) is 134 Å². The molecule has 38 heavy (non-hydrogen) atoms. The molecule has 0 saturated carbocycles. The van der Waals surface area contributed by atoms with Crippen LogP contribution >= 0.6 is 0 Å². The van der Waals surface area contributed by atoms with Crippen LogP contribution < -0.4 is 16.0 Å². The second kappa shape index (κ2) is 14.9. The number of carbonyl (C=O) groups is 1. The third-order valence-corrected chi connectivity index (χ3v) is 6.68. The van der Waals surface area contributed by atoms with Crippen LogP contribution in [0.4, 0.5) is 0 Å². The molecule has 9 heteroatoms. The molecule has 0 fully saturated rings. The van der Waals surface area contributed by atoms with Crippen molar-refractivity contribution in [3.05, 3.63) is 89.5 Å². The Balaban J connectivity index is 1.61. The maximum atomic E-state index is 11.9. The standard InChI is InChI=1S/C29H38N4O5/c34-26-10-4-1-7-23(26)19-30-13-16-33(22-29(37)38,17-14-31-20-24-8-2-5-11-27(24)35)18-15-32-21-25-9-3-6-12-28(25)36/h1-12,30-32H,13-22H2,(H3-,34,35,36,37,38)/p+1. The van der Waals surface area contributed by atoms with Gasteiger partial charge in [-0.3, -0.25) is 0 Å². The number of aromatic hydroxyl groups is 3. The van der Waals surface area contributed by atoms with Crippen LogP contribution in [0.1, 0.15) is 16.7 Å². The van der Waals surface area contributed by atoms with E-state index in [9.17, 15) is 25.2 Å². The molecular formula is C29H39N4O5+. The highest BCUT2D eigenvalue weighted by Crippen LogP contribution is 2.17. The summed E-state index contributed by atoms with van der Waals surface area (Å²) >= 11 is 0. The van der Waals surface area contributed by atoms with Crippen molar-refractivity contribution in [1.82, 2.24) is 16.0 Å². The summed E-state index contributed by atoms with van der Waals surface area (Å²) in [6.07, 6.45) is 0. The normalized spacial score (nSPS) is 11.5. The highest BCUT2D eigenvalue weighted by molar-refractivity contribution is 5.68. The molecule has 0 bridgehead atoms. The van der Waals surface area contributed by atoms with Gasteiger partial charge in [-0.15, -0.1) is 0 Å². The van der Waals surface area contributed by atoms with Gasteiger partial charge >= 0.3 is 5.97 Å². The lowest BCUT2D eigenvalue weighted by Crippen LogP contribution is -2.58. The zero-order valence-corrected chi connectivity index (χ0v) is 21.6. The summed E-state index contributed by atoms with van der Waals surface area (Å²) in [5.74, 6) is -0.179. The van der Waals surface area contributed by atoms with Crippen LogP contribution in [0.15, 0.2) is 72.8 Å². The zero-order chi connectivity index (χ0) is 27.2. The van der Waals surface area contributed by atoms with E-state index in [1.807, 2.05) is 36.4 Å². The molecule has 3 aromatic rings. The number of hydrogen-bond acceptors (Lipinski definition) is 7. The Labute approximate surface area is 224 Å².